The number of ketones is 1. The highest BCUT2D eigenvalue weighted by Gasteiger charge is 2.54. The van der Waals surface area contributed by atoms with Gasteiger partial charge in [-0.05, 0) is 24.3 Å². The van der Waals surface area contributed by atoms with Crippen molar-refractivity contribution in [2.45, 2.75) is 37.1 Å². The Kier molecular flexibility index (Phi) is 10.1. The smallest absolute Gasteiger partial charge is 0.345 e. The maximum absolute atomic E-state index is 15.0. The summed E-state index contributed by atoms with van der Waals surface area (Å²) in [5, 5.41) is 185. The molecule has 4 unspecified atom stereocenters. The molecule has 1 fully saturated rings. The second-order valence-corrected chi connectivity index (χ2v) is 17.4. The van der Waals surface area contributed by atoms with Gasteiger partial charge in [-0.1, -0.05) is 0 Å². The summed E-state index contributed by atoms with van der Waals surface area (Å²) in [5.74, 6) is -30.7. The van der Waals surface area contributed by atoms with Gasteiger partial charge in [-0.2, -0.15) is 0 Å². The van der Waals surface area contributed by atoms with Gasteiger partial charge < -0.3 is 115 Å². The van der Waals surface area contributed by atoms with Gasteiger partial charge in [0.2, 0.25) is 34.5 Å². The maximum Gasteiger partial charge on any atom is 0.345 e. The molecule has 0 amide bonds. The third kappa shape index (κ3) is 6.40. The van der Waals surface area contributed by atoms with E-state index in [1.807, 2.05) is 0 Å². The number of phenols is 16. The van der Waals surface area contributed by atoms with Crippen LogP contribution in [0.15, 0.2) is 42.7 Å². The van der Waals surface area contributed by atoms with E-state index in [4.69, 9.17) is 27.8 Å². The molecule has 6 aromatic carbocycles. The number of hydrogen-bond acceptors (Lipinski definition) is 29. The minimum absolute atomic E-state index is 0.303. The fourth-order valence-corrected chi connectivity index (χ4v) is 9.87. The number of carbonyl (C=O) groups is 4. The summed E-state index contributed by atoms with van der Waals surface area (Å²) < 4.78 is 33.3. The number of aliphatic hydroxyl groups excluding tert-OH is 1. The molecule has 394 valence electrons. The standard InChI is InChI=1S/C48H28O29/c49-10-5-15-38(41-42(48(71)72-15)77-45(68)8-3-13(52)28(56)32(60)18(8)17-7(44(67)76-41)2-12(51)27(55)31(17)59)73-43(66)9-4-14(53)29(57)33(61)19(9)21-25-23-22-24(46(69)74-40(23)37(65)35(21)63)20(34(62)36(64)39(22)75-47(25)70)16-6(10)1-11(50)26(54)30(16)58/h1-4,15,38,41-42,48,50-65,71H,5H2/t15?,38?,41?,42?,48-/m0/s1. The van der Waals surface area contributed by atoms with E-state index in [9.17, 15) is 116 Å². The Bertz CT molecular complexity index is 4220. The first kappa shape index (κ1) is 48.3. The highest BCUT2D eigenvalue weighted by Crippen LogP contribution is 2.59. The molecule has 29 nitrogen and oxygen atoms in total. The van der Waals surface area contributed by atoms with Crippen molar-refractivity contribution in [3.05, 3.63) is 67.4 Å². The number of ether oxygens (including phenoxy) is 4. The van der Waals surface area contributed by atoms with Crippen LogP contribution in [0.1, 0.15) is 47.9 Å². The number of Topliss-reactive ketones (excluding diaryl/α,β-unsaturated/α-hetero) is 1. The lowest BCUT2D eigenvalue weighted by Gasteiger charge is -2.43. The third-order valence-electron chi connectivity index (χ3n) is 13.3. The van der Waals surface area contributed by atoms with Gasteiger partial charge in [-0.3, -0.25) is 4.79 Å². The number of aliphatic hydroxyl groups is 1. The molecule has 0 radical (unpaired) electrons. The van der Waals surface area contributed by atoms with Crippen LogP contribution in [0.2, 0.25) is 0 Å². The van der Waals surface area contributed by atoms with Gasteiger partial charge in [0.05, 0.1) is 27.5 Å². The first-order valence-corrected chi connectivity index (χ1v) is 21.6. The van der Waals surface area contributed by atoms with E-state index in [-0.39, 0.29) is 0 Å². The minimum Gasteiger partial charge on any atom is -0.504 e. The summed E-state index contributed by atoms with van der Waals surface area (Å²) in [4.78, 5) is 87.2. The van der Waals surface area contributed by atoms with Crippen LogP contribution >= 0.6 is 0 Å². The second kappa shape index (κ2) is 16.0. The molecule has 8 aromatic rings. The van der Waals surface area contributed by atoms with Gasteiger partial charge >= 0.3 is 29.2 Å². The molecule has 1 saturated heterocycles. The Morgan fingerprint density at radius 1 is 0.351 bits per heavy atom. The normalized spacial score (nSPS) is 19.3. The van der Waals surface area contributed by atoms with E-state index in [0.717, 1.165) is 0 Å². The molecule has 11 rings (SSSR count). The number of esters is 3. The van der Waals surface area contributed by atoms with Crippen LogP contribution in [0.4, 0.5) is 0 Å². The van der Waals surface area contributed by atoms with Crippen LogP contribution in [0.5, 0.6) is 92.0 Å². The predicted molar refractivity (Wildman–Crippen MR) is 244 cm³/mol. The number of fused-ring (bicyclic) bond motifs is 10. The highest BCUT2D eigenvalue weighted by molar-refractivity contribution is 6.29. The zero-order valence-electron chi connectivity index (χ0n) is 37.4. The first-order chi connectivity index (χ1) is 36.3. The van der Waals surface area contributed by atoms with Crippen molar-refractivity contribution >= 4 is 56.4 Å². The number of carbonyl (C=O) groups excluding carboxylic acids is 4. The van der Waals surface area contributed by atoms with Gasteiger partial charge in [-0.25, -0.2) is 24.0 Å². The molecule has 3 aliphatic heterocycles. The molecular weight excluding hydrogens is 1040 g/mol. The van der Waals surface area contributed by atoms with Gasteiger partial charge in [0, 0.05) is 56.1 Å². The van der Waals surface area contributed by atoms with Crippen LogP contribution in [0, 0.1) is 0 Å². The maximum atomic E-state index is 15.0. The number of benzene rings is 6. The summed E-state index contributed by atoms with van der Waals surface area (Å²) in [5.41, 5.74) is -17.6. The predicted octanol–water partition coefficient (Wildman–Crippen LogP) is 2.37. The molecule has 0 saturated carbocycles. The Morgan fingerprint density at radius 2 is 0.662 bits per heavy atom. The number of hydrogen-bond donors (Lipinski definition) is 17. The number of aromatic hydroxyl groups is 16. The Hall–Kier alpha value is -10.9. The average molecular weight is 1070 g/mol. The number of phenolic OH excluding ortho intramolecular Hbond substituents is 16. The summed E-state index contributed by atoms with van der Waals surface area (Å²) in [6.45, 7) is 0. The fourth-order valence-electron chi connectivity index (χ4n) is 9.87. The Labute approximate surface area is 419 Å². The van der Waals surface area contributed by atoms with Crippen molar-refractivity contribution in [2.75, 3.05) is 0 Å². The average Bonchev–Trinajstić information content (AvgIpc) is 3.47. The van der Waals surface area contributed by atoms with Gasteiger partial charge in [0.1, 0.15) is 6.10 Å². The lowest BCUT2D eigenvalue weighted by atomic mass is 9.85. The van der Waals surface area contributed by atoms with Crippen LogP contribution < -0.4 is 11.3 Å². The lowest BCUT2D eigenvalue weighted by molar-refractivity contribution is -0.278. The molecule has 3 aliphatic rings. The van der Waals surface area contributed by atoms with Crippen molar-refractivity contribution in [3.63, 3.8) is 0 Å². The Morgan fingerprint density at radius 3 is 1.05 bits per heavy atom. The molecule has 29 heteroatoms. The van der Waals surface area contributed by atoms with Crippen molar-refractivity contribution < 1.29 is 134 Å². The molecule has 0 aliphatic carbocycles. The molecule has 17 N–H and O–H groups in total. The van der Waals surface area contributed by atoms with E-state index in [2.05, 4.69) is 0 Å². The quantitative estimate of drug-likeness (QED) is 0.0341. The van der Waals surface area contributed by atoms with E-state index in [1.54, 1.807) is 0 Å². The van der Waals surface area contributed by atoms with Gasteiger partial charge in [0.25, 0.3) is 0 Å². The van der Waals surface area contributed by atoms with E-state index >= 15 is 0 Å². The summed E-state index contributed by atoms with van der Waals surface area (Å²) >= 11 is 0. The molecule has 5 atom stereocenters. The molecule has 2 aromatic heterocycles. The van der Waals surface area contributed by atoms with Crippen molar-refractivity contribution in [1.82, 2.24) is 0 Å². The first-order valence-electron chi connectivity index (χ1n) is 21.6. The van der Waals surface area contributed by atoms with Crippen LogP contribution in [0.3, 0.4) is 0 Å². The van der Waals surface area contributed by atoms with E-state index in [0.29, 0.717) is 24.3 Å². The molecule has 6 bridgehead atoms. The fraction of sp³-hybridized carbons (Fsp3) is 0.125. The second-order valence-electron chi connectivity index (χ2n) is 17.4. The van der Waals surface area contributed by atoms with Gasteiger partial charge in [0.15, 0.2) is 99.0 Å². The van der Waals surface area contributed by atoms with Crippen LogP contribution in [-0.2, 0) is 18.9 Å². The molecule has 77 heavy (non-hydrogen) atoms. The lowest BCUT2D eigenvalue weighted by Crippen LogP contribution is -2.62. The molecule has 5 heterocycles. The van der Waals surface area contributed by atoms with Crippen molar-refractivity contribution in [3.8, 4) is 125 Å². The summed E-state index contributed by atoms with van der Waals surface area (Å²) in [6, 6.07) is 1.47. The zero-order chi connectivity index (χ0) is 55.6. The van der Waals surface area contributed by atoms with Crippen molar-refractivity contribution in [1.29, 1.82) is 0 Å². The van der Waals surface area contributed by atoms with Crippen LogP contribution in [-0.4, -0.2) is 141 Å². The Balaban J connectivity index is 1.25. The number of rotatable bonds is 0. The minimum atomic E-state index is -2.73. The molecule has 0 spiro atoms. The largest absolute Gasteiger partial charge is 0.504 e. The molecular formula is C48H28O29. The van der Waals surface area contributed by atoms with E-state index < -0.39 is 252 Å². The summed E-state index contributed by atoms with van der Waals surface area (Å²) in [6.07, 6.45) is -14.5. The monoisotopic (exact) mass is 1070 g/mol. The third-order valence-corrected chi connectivity index (χ3v) is 13.3. The highest BCUT2D eigenvalue weighted by atomic mass is 16.7. The SMILES string of the molecule is O=C1OC2C3OC(=O)c4cc(O)c(O)c(O)c4-c4c(O)c(O)c5oc(=O)c6c(c(O)c(O)c7oc(=O)c4c5c76)-c4c(cc(O)c(O)c4O)C(=O)CC3O[C@H](O)C2OC(=O)c2cc(O)c(O)c(O)c2-c2c1cc(O)c(O)c2O. The van der Waals surface area contributed by atoms with Crippen LogP contribution in [0.25, 0.3) is 66.1 Å². The topological polar surface area (TPSA) is 510 Å². The van der Waals surface area contributed by atoms with Gasteiger partial charge in [-0.15, -0.1) is 0 Å². The van der Waals surface area contributed by atoms with Crippen molar-refractivity contribution in [2.24, 2.45) is 0 Å². The zero-order valence-corrected chi connectivity index (χ0v) is 37.4. The van der Waals surface area contributed by atoms with E-state index in [1.165, 1.54) is 0 Å². The summed E-state index contributed by atoms with van der Waals surface area (Å²) in [7, 11) is 0.